The van der Waals surface area contributed by atoms with E-state index in [-0.39, 0.29) is 6.61 Å². The van der Waals surface area contributed by atoms with Crippen LogP contribution in [0.2, 0.25) is 0 Å². The fourth-order valence-electron chi connectivity index (χ4n) is 1.87. The van der Waals surface area contributed by atoms with Gasteiger partial charge < -0.3 is 19.1 Å². The van der Waals surface area contributed by atoms with Crippen molar-refractivity contribution in [2.45, 2.75) is 6.92 Å². The monoisotopic (exact) mass is 336 g/mol. The molecule has 0 aliphatic rings. The maximum atomic E-state index is 11.5. The van der Waals surface area contributed by atoms with Gasteiger partial charge in [0.25, 0.3) is 5.78 Å². The molecule has 0 aliphatic carbocycles. The highest BCUT2D eigenvalue weighted by Gasteiger charge is 2.10. The van der Waals surface area contributed by atoms with Crippen LogP contribution in [0.15, 0.2) is 24.4 Å². The van der Waals surface area contributed by atoms with E-state index in [1.54, 1.807) is 27.3 Å². The van der Waals surface area contributed by atoms with Gasteiger partial charge in [0.05, 0.1) is 19.8 Å². The topological polar surface area (TPSA) is 78.0 Å². The van der Waals surface area contributed by atoms with E-state index in [1.165, 1.54) is 12.2 Å². The van der Waals surface area contributed by atoms with Gasteiger partial charge in [-0.1, -0.05) is 0 Å². The van der Waals surface area contributed by atoms with E-state index in [1.807, 2.05) is 17.0 Å². The average Bonchev–Trinajstić information content (AvgIpc) is 2.60. The molecule has 24 heavy (non-hydrogen) atoms. The van der Waals surface area contributed by atoms with Crippen molar-refractivity contribution in [3.8, 4) is 0 Å². The Balaban J connectivity index is 2.71. The first kappa shape index (κ1) is 19.8. The van der Waals surface area contributed by atoms with Crippen molar-refractivity contribution in [3.63, 3.8) is 0 Å². The molecule has 0 atom stereocenters. The summed E-state index contributed by atoms with van der Waals surface area (Å²) in [5.41, 5.74) is 0.717. The summed E-state index contributed by atoms with van der Waals surface area (Å²) in [7, 11) is 3.30. The number of hydrogen-bond acceptors (Lipinski definition) is 7. The second-order valence-electron chi connectivity index (χ2n) is 4.84. The van der Waals surface area contributed by atoms with Crippen LogP contribution in [0.3, 0.4) is 0 Å². The number of rotatable bonds is 11. The molecule has 0 N–H and O–H groups in total. The third kappa shape index (κ3) is 6.89. The lowest BCUT2D eigenvalue weighted by atomic mass is 10.2. The first-order valence-corrected chi connectivity index (χ1v) is 7.70. The molecule has 0 aromatic carbocycles. The number of methoxy groups -OCH3 is 2. The van der Waals surface area contributed by atoms with Crippen LogP contribution in [0.1, 0.15) is 12.5 Å². The predicted octanol–water partition coefficient (Wildman–Crippen LogP) is 1.33. The molecule has 0 spiro atoms. The quantitative estimate of drug-likeness (QED) is 0.343. The van der Waals surface area contributed by atoms with Gasteiger partial charge >= 0.3 is 5.97 Å². The highest BCUT2D eigenvalue weighted by atomic mass is 16.5. The highest BCUT2D eigenvalue weighted by Crippen LogP contribution is 2.12. The Kier molecular flexibility index (Phi) is 9.33. The number of ether oxygens (including phenoxy) is 3. The summed E-state index contributed by atoms with van der Waals surface area (Å²) in [6, 6.07) is 3.67. The van der Waals surface area contributed by atoms with Crippen LogP contribution in [-0.4, -0.2) is 63.9 Å². The Labute approximate surface area is 142 Å². The van der Waals surface area contributed by atoms with Crippen LogP contribution >= 0.6 is 0 Å². The maximum absolute atomic E-state index is 11.5. The number of aromatic nitrogens is 1. The molecular formula is C17H24N2O5. The molecule has 1 aromatic rings. The van der Waals surface area contributed by atoms with Crippen LogP contribution in [0.25, 0.3) is 6.08 Å². The Morgan fingerprint density at radius 2 is 1.83 bits per heavy atom. The Morgan fingerprint density at radius 1 is 1.17 bits per heavy atom. The van der Waals surface area contributed by atoms with Crippen LogP contribution in [0.5, 0.6) is 0 Å². The van der Waals surface area contributed by atoms with Crippen molar-refractivity contribution in [1.82, 2.24) is 4.98 Å². The molecule has 0 radical (unpaired) electrons. The number of ketones is 1. The summed E-state index contributed by atoms with van der Waals surface area (Å²) in [6.07, 6.45) is 4.35. The standard InChI is InChI=1S/C17H24N2O5/c1-4-24-17(21)15(20)7-5-14-6-8-16(18-13-14)19(9-11-22-2)10-12-23-3/h5-8,13H,4,9-12H2,1-3H3/b7-5+. The number of pyridine rings is 1. The summed E-state index contributed by atoms with van der Waals surface area (Å²) in [6.45, 7) is 4.39. The second kappa shape index (κ2) is 11.3. The number of esters is 1. The van der Waals surface area contributed by atoms with Crippen LogP contribution in [0.4, 0.5) is 5.82 Å². The van der Waals surface area contributed by atoms with Gasteiger partial charge in [-0.25, -0.2) is 9.78 Å². The predicted molar refractivity (Wildman–Crippen MR) is 90.9 cm³/mol. The summed E-state index contributed by atoms with van der Waals surface area (Å²) in [5, 5.41) is 0. The van der Waals surface area contributed by atoms with Gasteiger partial charge in [0.1, 0.15) is 5.82 Å². The van der Waals surface area contributed by atoms with Gasteiger partial charge in [-0.05, 0) is 36.8 Å². The van der Waals surface area contributed by atoms with Gasteiger partial charge in [-0.3, -0.25) is 4.79 Å². The third-order valence-electron chi connectivity index (χ3n) is 3.13. The zero-order valence-corrected chi connectivity index (χ0v) is 14.4. The molecular weight excluding hydrogens is 312 g/mol. The molecule has 132 valence electrons. The third-order valence-corrected chi connectivity index (χ3v) is 3.13. The van der Waals surface area contributed by atoms with Gasteiger partial charge in [0.2, 0.25) is 0 Å². The molecule has 0 saturated carbocycles. The summed E-state index contributed by atoms with van der Waals surface area (Å²) in [4.78, 5) is 29.2. The first-order valence-electron chi connectivity index (χ1n) is 7.70. The SMILES string of the molecule is CCOC(=O)C(=O)/C=C/c1ccc(N(CCOC)CCOC)nc1. The largest absolute Gasteiger partial charge is 0.460 e. The lowest BCUT2D eigenvalue weighted by Crippen LogP contribution is -2.31. The van der Waals surface area contributed by atoms with E-state index in [0.29, 0.717) is 26.3 Å². The molecule has 7 nitrogen and oxygen atoms in total. The lowest BCUT2D eigenvalue weighted by molar-refractivity contribution is -0.151. The fraction of sp³-hybridized carbons (Fsp3) is 0.471. The lowest BCUT2D eigenvalue weighted by Gasteiger charge is -2.23. The van der Waals surface area contributed by atoms with Crippen molar-refractivity contribution in [2.75, 3.05) is 52.0 Å². The molecule has 0 bridgehead atoms. The van der Waals surface area contributed by atoms with E-state index in [9.17, 15) is 9.59 Å². The number of carbonyl (C=O) groups is 2. The molecule has 0 aliphatic heterocycles. The molecule has 0 amide bonds. The highest BCUT2D eigenvalue weighted by molar-refractivity contribution is 6.39. The van der Waals surface area contributed by atoms with Gasteiger partial charge in [0.15, 0.2) is 0 Å². The Hall–Kier alpha value is -2.25. The fourth-order valence-corrected chi connectivity index (χ4v) is 1.87. The van der Waals surface area contributed by atoms with Crippen molar-refractivity contribution >= 4 is 23.6 Å². The molecule has 1 aromatic heterocycles. The summed E-state index contributed by atoms with van der Waals surface area (Å²) < 4.78 is 14.8. The van der Waals surface area contributed by atoms with Crippen molar-refractivity contribution in [2.24, 2.45) is 0 Å². The normalized spacial score (nSPS) is 10.8. The second-order valence-corrected chi connectivity index (χ2v) is 4.84. The molecule has 1 rings (SSSR count). The summed E-state index contributed by atoms with van der Waals surface area (Å²) in [5.74, 6) is -0.760. The van der Waals surface area contributed by atoms with Crippen LogP contribution in [0, 0.1) is 0 Å². The molecule has 7 heteroatoms. The Bertz CT molecular complexity index is 534. The van der Waals surface area contributed by atoms with E-state index in [0.717, 1.165) is 11.4 Å². The first-order chi connectivity index (χ1) is 11.6. The number of anilines is 1. The number of carbonyl (C=O) groups excluding carboxylic acids is 2. The smallest absolute Gasteiger partial charge is 0.379 e. The molecule has 0 saturated heterocycles. The van der Waals surface area contributed by atoms with Crippen LogP contribution < -0.4 is 4.90 Å². The molecule has 0 unspecified atom stereocenters. The summed E-state index contributed by atoms with van der Waals surface area (Å²) >= 11 is 0. The van der Waals surface area contributed by atoms with Crippen molar-refractivity contribution < 1.29 is 23.8 Å². The minimum Gasteiger partial charge on any atom is -0.460 e. The van der Waals surface area contributed by atoms with Gasteiger partial charge in [0, 0.05) is 33.5 Å². The van der Waals surface area contributed by atoms with Gasteiger partial charge in [-0.15, -0.1) is 0 Å². The number of hydrogen-bond donors (Lipinski definition) is 0. The molecule has 1 heterocycles. The van der Waals surface area contributed by atoms with E-state index < -0.39 is 11.8 Å². The zero-order chi connectivity index (χ0) is 17.8. The van der Waals surface area contributed by atoms with Crippen molar-refractivity contribution in [1.29, 1.82) is 0 Å². The minimum atomic E-state index is -0.858. The molecule has 0 fully saturated rings. The van der Waals surface area contributed by atoms with Crippen molar-refractivity contribution in [3.05, 3.63) is 30.0 Å². The van der Waals surface area contributed by atoms with Gasteiger partial charge in [-0.2, -0.15) is 0 Å². The average molecular weight is 336 g/mol. The minimum absolute atomic E-state index is 0.174. The van der Waals surface area contributed by atoms with E-state index in [4.69, 9.17) is 9.47 Å². The zero-order valence-electron chi connectivity index (χ0n) is 14.4. The van der Waals surface area contributed by atoms with Crippen LogP contribution in [-0.2, 0) is 23.8 Å². The van der Waals surface area contributed by atoms with E-state index >= 15 is 0 Å². The van der Waals surface area contributed by atoms with E-state index in [2.05, 4.69) is 9.72 Å². The Morgan fingerprint density at radius 3 is 2.33 bits per heavy atom. The maximum Gasteiger partial charge on any atom is 0.379 e. The number of nitrogens with zero attached hydrogens (tertiary/aromatic N) is 2.